The molecule has 39 heavy (non-hydrogen) atoms. The number of hydrogen-bond acceptors (Lipinski definition) is 6. The van der Waals surface area contributed by atoms with Gasteiger partial charge < -0.3 is 19.9 Å². The highest BCUT2D eigenvalue weighted by Gasteiger charge is 2.28. The number of hydrogen-bond donors (Lipinski definition) is 1. The normalized spacial score (nSPS) is 14.3. The Morgan fingerprint density at radius 3 is 2.26 bits per heavy atom. The first kappa shape index (κ1) is 28.6. The van der Waals surface area contributed by atoms with Crippen molar-refractivity contribution in [1.82, 2.24) is 14.1 Å². The smallest absolute Gasteiger partial charge is 0.253 e. The standard InChI is InChI=1S/C28H31ClN4O5S/c1-31-14-16-32(17-15-31)28(35)22-8-10-23(11-9-22)30-27(34)20-33(19-21-6-4-3-5-7-21)39(36,37)24-12-13-26(38-2)25(29)18-24/h3-13,18H,14-17,19-20H2,1-2H3,(H,30,34). The van der Waals surface area contributed by atoms with E-state index in [2.05, 4.69) is 10.2 Å². The van der Waals surface area contributed by atoms with Crippen molar-refractivity contribution in [2.24, 2.45) is 0 Å². The van der Waals surface area contributed by atoms with Gasteiger partial charge in [-0.05, 0) is 55.1 Å². The van der Waals surface area contributed by atoms with Gasteiger partial charge in [0.1, 0.15) is 5.75 Å². The van der Waals surface area contributed by atoms with Gasteiger partial charge in [0.15, 0.2) is 0 Å². The van der Waals surface area contributed by atoms with E-state index in [1.165, 1.54) is 25.3 Å². The van der Waals surface area contributed by atoms with Gasteiger partial charge in [-0.2, -0.15) is 4.31 Å². The van der Waals surface area contributed by atoms with Gasteiger partial charge in [-0.1, -0.05) is 41.9 Å². The summed E-state index contributed by atoms with van der Waals surface area (Å²) >= 11 is 6.19. The van der Waals surface area contributed by atoms with Crippen LogP contribution in [-0.4, -0.2) is 81.2 Å². The second kappa shape index (κ2) is 12.6. The summed E-state index contributed by atoms with van der Waals surface area (Å²) in [7, 11) is -0.623. The SMILES string of the molecule is COc1ccc(S(=O)(=O)N(CC(=O)Nc2ccc(C(=O)N3CCN(C)CC3)cc2)Cc2ccccc2)cc1Cl. The summed E-state index contributed by atoms with van der Waals surface area (Å²) in [5.41, 5.74) is 1.71. The van der Waals surface area contributed by atoms with Gasteiger partial charge in [0, 0.05) is 44.0 Å². The molecule has 0 bridgehead atoms. The summed E-state index contributed by atoms with van der Waals surface area (Å²) in [5, 5.41) is 2.89. The molecule has 1 saturated heterocycles. The summed E-state index contributed by atoms with van der Waals surface area (Å²) in [4.78, 5) is 29.7. The predicted molar refractivity (Wildman–Crippen MR) is 151 cm³/mol. The van der Waals surface area contributed by atoms with Crippen LogP contribution in [0.25, 0.3) is 0 Å². The summed E-state index contributed by atoms with van der Waals surface area (Å²) in [6.07, 6.45) is 0. The number of sulfonamides is 1. The highest BCUT2D eigenvalue weighted by atomic mass is 35.5. The Hall–Kier alpha value is -3.44. The van der Waals surface area contributed by atoms with E-state index < -0.39 is 22.5 Å². The second-order valence-electron chi connectivity index (χ2n) is 9.28. The predicted octanol–water partition coefficient (Wildman–Crippen LogP) is 3.57. The van der Waals surface area contributed by atoms with E-state index in [1.54, 1.807) is 48.5 Å². The number of rotatable bonds is 9. The van der Waals surface area contributed by atoms with E-state index in [0.717, 1.165) is 23.0 Å². The highest BCUT2D eigenvalue weighted by Crippen LogP contribution is 2.29. The number of amides is 2. The summed E-state index contributed by atoms with van der Waals surface area (Å²) in [6, 6.07) is 19.8. The Labute approximate surface area is 234 Å². The molecule has 1 aliphatic rings. The number of piperazine rings is 1. The van der Waals surface area contributed by atoms with Gasteiger partial charge in [0.2, 0.25) is 15.9 Å². The van der Waals surface area contributed by atoms with E-state index in [-0.39, 0.29) is 22.4 Å². The number of methoxy groups -OCH3 is 1. The molecule has 0 aliphatic carbocycles. The van der Waals surface area contributed by atoms with E-state index in [4.69, 9.17) is 16.3 Å². The van der Waals surface area contributed by atoms with Crippen LogP contribution in [0.3, 0.4) is 0 Å². The Morgan fingerprint density at radius 2 is 1.64 bits per heavy atom. The Bertz CT molecular complexity index is 1410. The molecule has 0 saturated carbocycles. The molecule has 0 unspecified atom stereocenters. The van der Waals surface area contributed by atoms with Crippen LogP contribution in [0.1, 0.15) is 15.9 Å². The molecule has 3 aromatic carbocycles. The lowest BCUT2D eigenvalue weighted by atomic mass is 10.1. The number of carbonyl (C=O) groups excluding carboxylic acids is 2. The lowest BCUT2D eigenvalue weighted by Crippen LogP contribution is -2.47. The Morgan fingerprint density at radius 1 is 0.974 bits per heavy atom. The third kappa shape index (κ3) is 7.15. The number of likely N-dealkylation sites (N-methyl/N-ethyl adjacent to an activating group) is 1. The molecule has 0 spiro atoms. The number of anilines is 1. The number of benzene rings is 3. The minimum atomic E-state index is -4.09. The van der Waals surface area contributed by atoms with E-state index in [9.17, 15) is 18.0 Å². The molecule has 3 aromatic rings. The number of nitrogens with one attached hydrogen (secondary N) is 1. The van der Waals surface area contributed by atoms with Crippen molar-refractivity contribution in [3.63, 3.8) is 0 Å². The molecule has 1 N–H and O–H groups in total. The molecule has 0 atom stereocenters. The maximum Gasteiger partial charge on any atom is 0.253 e. The van der Waals surface area contributed by atoms with Gasteiger partial charge in [-0.3, -0.25) is 9.59 Å². The van der Waals surface area contributed by atoms with Crippen molar-refractivity contribution in [3.8, 4) is 5.75 Å². The quantitative estimate of drug-likeness (QED) is 0.422. The largest absolute Gasteiger partial charge is 0.495 e. The summed E-state index contributed by atoms with van der Waals surface area (Å²) in [6.45, 7) is 2.54. The van der Waals surface area contributed by atoms with E-state index in [1.807, 2.05) is 18.0 Å². The van der Waals surface area contributed by atoms with Gasteiger partial charge in [0.25, 0.3) is 5.91 Å². The second-order valence-corrected chi connectivity index (χ2v) is 11.6. The third-order valence-corrected chi connectivity index (χ3v) is 8.57. The molecule has 0 aromatic heterocycles. The molecular formula is C28H31ClN4O5S. The molecular weight excluding hydrogens is 540 g/mol. The maximum absolute atomic E-state index is 13.6. The lowest BCUT2D eigenvalue weighted by molar-refractivity contribution is -0.116. The fourth-order valence-electron chi connectivity index (χ4n) is 4.22. The van der Waals surface area contributed by atoms with Crippen molar-refractivity contribution >= 4 is 39.1 Å². The van der Waals surface area contributed by atoms with Crippen LogP contribution in [0.15, 0.2) is 77.7 Å². The van der Waals surface area contributed by atoms with Crippen LogP contribution >= 0.6 is 11.6 Å². The maximum atomic E-state index is 13.6. The zero-order valence-corrected chi connectivity index (χ0v) is 23.4. The van der Waals surface area contributed by atoms with Crippen molar-refractivity contribution in [2.75, 3.05) is 52.2 Å². The van der Waals surface area contributed by atoms with Gasteiger partial charge in [-0.15, -0.1) is 0 Å². The van der Waals surface area contributed by atoms with Crippen LogP contribution in [0.5, 0.6) is 5.75 Å². The van der Waals surface area contributed by atoms with Crippen LogP contribution < -0.4 is 10.1 Å². The number of nitrogens with zero attached hydrogens (tertiary/aromatic N) is 3. The molecule has 4 rings (SSSR count). The van der Waals surface area contributed by atoms with E-state index >= 15 is 0 Å². The monoisotopic (exact) mass is 570 g/mol. The highest BCUT2D eigenvalue weighted by molar-refractivity contribution is 7.89. The molecule has 11 heteroatoms. The fraction of sp³-hybridized carbons (Fsp3) is 0.286. The average molecular weight is 571 g/mol. The molecule has 0 radical (unpaired) electrons. The first-order valence-electron chi connectivity index (χ1n) is 12.4. The minimum Gasteiger partial charge on any atom is -0.495 e. The van der Waals surface area contributed by atoms with Crippen LogP contribution in [-0.2, 0) is 21.4 Å². The molecule has 206 valence electrons. The third-order valence-electron chi connectivity index (χ3n) is 6.49. The zero-order chi connectivity index (χ0) is 28.0. The minimum absolute atomic E-state index is 0.0152. The van der Waals surface area contributed by atoms with Crippen LogP contribution in [0.2, 0.25) is 5.02 Å². The zero-order valence-electron chi connectivity index (χ0n) is 21.8. The molecule has 9 nitrogen and oxygen atoms in total. The first-order chi connectivity index (χ1) is 18.7. The topological polar surface area (TPSA) is 99.3 Å². The summed E-state index contributed by atoms with van der Waals surface area (Å²) in [5.74, 6) is -0.232. The van der Waals surface area contributed by atoms with Crippen molar-refractivity contribution in [2.45, 2.75) is 11.4 Å². The molecule has 1 fully saturated rings. The number of ether oxygens (including phenoxy) is 1. The Balaban J connectivity index is 1.48. The number of carbonyl (C=O) groups is 2. The molecule has 2 amide bonds. The van der Waals surface area contributed by atoms with Crippen molar-refractivity contribution in [1.29, 1.82) is 0 Å². The first-order valence-corrected chi connectivity index (χ1v) is 14.2. The summed E-state index contributed by atoms with van der Waals surface area (Å²) < 4.78 is 33.4. The number of halogens is 1. The van der Waals surface area contributed by atoms with Gasteiger partial charge in [-0.25, -0.2) is 8.42 Å². The lowest BCUT2D eigenvalue weighted by Gasteiger charge is -2.32. The Kier molecular flexibility index (Phi) is 9.24. The van der Waals surface area contributed by atoms with Crippen molar-refractivity contribution in [3.05, 3.63) is 88.9 Å². The van der Waals surface area contributed by atoms with Crippen LogP contribution in [0.4, 0.5) is 5.69 Å². The van der Waals surface area contributed by atoms with Crippen molar-refractivity contribution < 1.29 is 22.7 Å². The van der Waals surface area contributed by atoms with Crippen LogP contribution in [0, 0.1) is 0 Å². The molecule has 1 aliphatic heterocycles. The fourth-order valence-corrected chi connectivity index (χ4v) is 5.95. The molecule has 1 heterocycles. The van der Waals surface area contributed by atoms with E-state index in [0.29, 0.717) is 30.1 Å². The average Bonchev–Trinajstić information content (AvgIpc) is 2.93. The van der Waals surface area contributed by atoms with Gasteiger partial charge >= 0.3 is 0 Å². The van der Waals surface area contributed by atoms with Gasteiger partial charge in [0.05, 0.1) is 23.6 Å².